The SMILES string of the molecule is c1ccc2c(c1)Oc1ccc(-c3ccccc3-c3cccc4sc5ccccc5c34)c3cccc-2c13. The van der Waals surface area contributed by atoms with Gasteiger partial charge in [0, 0.05) is 31.1 Å². The van der Waals surface area contributed by atoms with Crippen LogP contribution >= 0.6 is 11.3 Å². The van der Waals surface area contributed by atoms with Crippen molar-refractivity contribution in [1.29, 1.82) is 0 Å². The molecular weight excluding hydrogens is 456 g/mol. The van der Waals surface area contributed by atoms with E-state index in [9.17, 15) is 0 Å². The van der Waals surface area contributed by atoms with Crippen molar-refractivity contribution in [2.45, 2.75) is 0 Å². The molecule has 6 aromatic carbocycles. The van der Waals surface area contributed by atoms with Gasteiger partial charge in [-0.1, -0.05) is 97.1 Å². The first kappa shape index (κ1) is 19.9. The number of hydrogen-bond acceptors (Lipinski definition) is 2. The maximum Gasteiger partial charge on any atom is 0.135 e. The van der Waals surface area contributed by atoms with Crippen LogP contribution in [0.4, 0.5) is 0 Å². The summed E-state index contributed by atoms with van der Waals surface area (Å²) >= 11 is 1.87. The fourth-order valence-electron chi connectivity index (χ4n) is 5.77. The minimum atomic E-state index is 0.918. The standard InChI is InChI=1S/C34H20OS/c1-2-10-22(26-15-8-18-32-34(26)28-12-4-6-17-31(28)36-32)21(9-1)23-19-20-30-33-25(23)13-7-14-27(33)24-11-3-5-16-29(24)35-30/h1-20H. The second kappa shape index (κ2) is 7.55. The fraction of sp³-hybridized carbons (Fsp3) is 0. The van der Waals surface area contributed by atoms with Gasteiger partial charge >= 0.3 is 0 Å². The van der Waals surface area contributed by atoms with E-state index < -0.39 is 0 Å². The molecule has 0 atom stereocenters. The van der Waals surface area contributed by atoms with Crippen LogP contribution in [-0.4, -0.2) is 0 Å². The highest BCUT2D eigenvalue weighted by Gasteiger charge is 2.22. The van der Waals surface area contributed by atoms with E-state index in [2.05, 4.69) is 109 Å². The Balaban J connectivity index is 1.43. The zero-order valence-corrected chi connectivity index (χ0v) is 20.2. The largest absolute Gasteiger partial charge is 0.456 e. The first-order chi connectivity index (χ1) is 17.9. The molecular formula is C34H20OS. The van der Waals surface area contributed by atoms with Crippen LogP contribution in [0.3, 0.4) is 0 Å². The lowest BCUT2D eigenvalue weighted by Gasteiger charge is -2.23. The Labute approximate surface area is 212 Å². The van der Waals surface area contributed by atoms with Gasteiger partial charge in [-0.3, -0.25) is 0 Å². The molecule has 1 aliphatic rings. The second-order valence-electron chi connectivity index (χ2n) is 9.26. The molecule has 0 saturated carbocycles. The fourth-order valence-corrected chi connectivity index (χ4v) is 6.90. The second-order valence-corrected chi connectivity index (χ2v) is 10.3. The van der Waals surface area contributed by atoms with Crippen molar-refractivity contribution < 1.29 is 4.74 Å². The summed E-state index contributed by atoms with van der Waals surface area (Å²) in [5.74, 6) is 1.84. The molecule has 0 aliphatic carbocycles. The van der Waals surface area contributed by atoms with Gasteiger partial charge in [-0.25, -0.2) is 0 Å². The monoisotopic (exact) mass is 476 g/mol. The highest BCUT2D eigenvalue weighted by atomic mass is 32.1. The number of rotatable bonds is 2. The predicted octanol–water partition coefficient (Wildman–Crippen LogP) is 10.3. The molecule has 1 aromatic heterocycles. The lowest BCUT2D eigenvalue weighted by molar-refractivity contribution is 0.487. The van der Waals surface area contributed by atoms with Gasteiger partial charge < -0.3 is 4.74 Å². The minimum absolute atomic E-state index is 0.918. The molecule has 0 spiro atoms. The summed E-state index contributed by atoms with van der Waals surface area (Å²) in [5, 5.41) is 5.06. The summed E-state index contributed by atoms with van der Waals surface area (Å²) in [5.41, 5.74) is 7.38. The Kier molecular flexibility index (Phi) is 4.16. The number of ether oxygens (including phenoxy) is 1. The highest BCUT2D eigenvalue weighted by Crippen LogP contribution is 2.50. The van der Waals surface area contributed by atoms with Gasteiger partial charge in [0.15, 0.2) is 0 Å². The quantitative estimate of drug-likeness (QED) is 0.241. The van der Waals surface area contributed by atoms with Crippen LogP contribution in [-0.2, 0) is 0 Å². The van der Waals surface area contributed by atoms with Crippen LogP contribution in [0.25, 0.3) is 64.3 Å². The topological polar surface area (TPSA) is 9.23 Å². The van der Waals surface area contributed by atoms with E-state index >= 15 is 0 Å². The molecule has 36 heavy (non-hydrogen) atoms. The molecule has 0 radical (unpaired) electrons. The Morgan fingerprint density at radius 3 is 1.86 bits per heavy atom. The van der Waals surface area contributed by atoms with E-state index in [1.54, 1.807) is 0 Å². The first-order valence-electron chi connectivity index (χ1n) is 12.2. The van der Waals surface area contributed by atoms with Gasteiger partial charge in [0.1, 0.15) is 11.5 Å². The number of para-hydroxylation sites is 1. The Hall–Kier alpha value is -4.40. The molecule has 0 fully saturated rings. The molecule has 2 heterocycles. The average molecular weight is 477 g/mol. The molecule has 8 rings (SSSR count). The van der Waals surface area contributed by atoms with E-state index in [0.29, 0.717) is 0 Å². The molecule has 0 amide bonds. The summed E-state index contributed by atoms with van der Waals surface area (Å²) < 4.78 is 9.01. The van der Waals surface area contributed by atoms with Crippen LogP contribution in [0, 0.1) is 0 Å². The molecule has 0 saturated heterocycles. The van der Waals surface area contributed by atoms with Crippen molar-refractivity contribution >= 4 is 42.3 Å². The highest BCUT2D eigenvalue weighted by molar-refractivity contribution is 7.25. The van der Waals surface area contributed by atoms with E-state index in [0.717, 1.165) is 17.1 Å². The van der Waals surface area contributed by atoms with Crippen molar-refractivity contribution in [2.24, 2.45) is 0 Å². The van der Waals surface area contributed by atoms with Crippen molar-refractivity contribution in [3.05, 3.63) is 121 Å². The third-order valence-electron chi connectivity index (χ3n) is 7.31. The normalized spacial score (nSPS) is 12.1. The molecule has 7 aromatic rings. The van der Waals surface area contributed by atoms with Crippen molar-refractivity contribution in [2.75, 3.05) is 0 Å². The molecule has 0 N–H and O–H groups in total. The molecule has 0 unspecified atom stereocenters. The average Bonchev–Trinajstić information content (AvgIpc) is 3.32. The Bertz CT molecular complexity index is 1980. The van der Waals surface area contributed by atoms with Crippen LogP contribution in [0.5, 0.6) is 11.5 Å². The van der Waals surface area contributed by atoms with Crippen LogP contribution in [0.2, 0.25) is 0 Å². The number of fused-ring (bicyclic) bond motifs is 5. The minimum Gasteiger partial charge on any atom is -0.456 e. The Morgan fingerprint density at radius 1 is 0.361 bits per heavy atom. The number of benzene rings is 6. The Morgan fingerprint density at radius 2 is 0.972 bits per heavy atom. The van der Waals surface area contributed by atoms with E-state index in [4.69, 9.17) is 4.74 Å². The summed E-state index contributed by atoms with van der Waals surface area (Å²) in [4.78, 5) is 0. The van der Waals surface area contributed by atoms with Crippen molar-refractivity contribution in [1.82, 2.24) is 0 Å². The molecule has 0 bridgehead atoms. The van der Waals surface area contributed by atoms with E-state index in [1.807, 2.05) is 23.5 Å². The van der Waals surface area contributed by atoms with Crippen LogP contribution < -0.4 is 4.74 Å². The molecule has 168 valence electrons. The van der Waals surface area contributed by atoms with E-state index in [1.165, 1.54) is 58.8 Å². The lowest BCUT2D eigenvalue weighted by atomic mass is 9.87. The summed E-state index contributed by atoms with van der Waals surface area (Å²) in [6.45, 7) is 0. The number of thiophene rings is 1. The molecule has 2 heteroatoms. The molecule has 1 nitrogen and oxygen atoms in total. The predicted molar refractivity (Wildman–Crippen MR) is 153 cm³/mol. The third-order valence-corrected chi connectivity index (χ3v) is 8.45. The zero-order valence-electron chi connectivity index (χ0n) is 19.4. The van der Waals surface area contributed by atoms with Crippen molar-refractivity contribution in [3.63, 3.8) is 0 Å². The van der Waals surface area contributed by atoms with Gasteiger partial charge in [-0.15, -0.1) is 11.3 Å². The van der Waals surface area contributed by atoms with E-state index in [-0.39, 0.29) is 0 Å². The maximum atomic E-state index is 6.35. The lowest BCUT2D eigenvalue weighted by Crippen LogP contribution is -1.98. The van der Waals surface area contributed by atoms with Gasteiger partial charge in [0.05, 0.1) is 0 Å². The van der Waals surface area contributed by atoms with Gasteiger partial charge in [0.2, 0.25) is 0 Å². The summed E-state index contributed by atoms with van der Waals surface area (Å²) in [6, 6.07) is 43.5. The number of hydrogen-bond donors (Lipinski definition) is 0. The third kappa shape index (κ3) is 2.76. The van der Waals surface area contributed by atoms with Crippen LogP contribution in [0.15, 0.2) is 121 Å². The maximum absolute atomic E-state index is 6.35. The van der Waals surface area contributed by atoms with Crippen molar-refractivity contribution in [3.8, 4) is 44.9 Å². The summed E-state index contributed by atoms with van der Waals surface area (Å²) in [7, 11) is 0. The zero-order chi connectivity index (χ0) is 23.6. The summed E-state index contributed by atoms with van der Waals surface area (Å²) in [6.07, 6.45) is 0. The first-order valence-corrected chi connectivity index (χ1v) is 13.0. The van der Waals surface area contributed by atoms with Gasteiger partial charge in [-0.2, -0.15) is 0 Å². The molecule has 1 aliphatic heterocycles. The van der Waals surface area contributed by atoms with Crippen LogP contribution in [0.1, 0.15) is 0 Å². The smallest absolute Gasteiger partial charge is 0.135 e. The van der Waals surface area contributed by atoms with Gasteiger partial charge in [-0.05, 0) is 57.5 Å². The van der Waals surface area contributed by atoms with Gasteiger partial charge in [0.25, 0.3) is 0 Å².